The molecule has 18 heavy (non-hydrogen) atoms. The molecule has 0 radical (unpaired) electrons. The first-order valence-electron chi connectivity index (χ1n) is 6.32. The molecule has 0 bridgehead atoms. The molecule has 2 heterocycles. The number of hydrogen-bond donors (Lipinski definition) is 1. The van der Waals surface area contributed by atoms with Gasteiger partial charge >= 0.3 is 0 Å². The van der Waals surface area contributed by atoms with Crippen LogP contribution in [0.25, 0.3) is 0 Å². The van der Waals surface area contributed by atoms with Crippen LogP contribution in [-0.2, 0) is 16.1 Å². The Morgan fingerprint density at radius 3 is 2.94 bits per heavy atom. The fourth-order valence-electron chi connectivity index (χ4n) is 1.94. The zero-order valence-corrected chi connectivity index (χ0v) is 10.7. The highest BCUT2D eigenvalue weighted by molar-refractivity contribution is 5.78. The topological polar surface area (TPSA) is 59.4 Å². The summed E-state index contributed by atoms with van der Waals surface area (Å²) in [7, 11) is 0. The molecule has 1 aromatic heterocycles. The lowest BCUT2D eigenvalue weighted by atomic mass is 10.3. The molecule has 6 nitrogen and oxygen atoms in total. The Balaban J connectivity index is 1.68. The van der Waals surface area contributed by atoms with Crippen molar-refractivity contribution in [2.75, 3.05) is 32.8 Å². The monoisotopic (exact) mass is 252 g/mol. The van der Waals surface area contributed by atoms with Gasteiger partial charge in [0.2, 0.25) is 5.91 Å². The molecule has 100 valence electrons. The smallest absolute Gasteiger partial charge is 0.236 e. The lowest BCUT2D eigenvalue weighted by molar-refractivity contribution is -0.134. The Hall–Kier alpha value is -1.40. The summed E-state index contributed by atoms with van der Waals surface area (Å²) in [5.74, 6) is 0.144. The van der Waals surface area contributed by atoms with E-state index in [0.717, 1.165) is 6.54 Å². The molecular weight excluding hydrogens is 232 g/mol. The minimum absolute atomic E-state index is 0.144. The largest absolute Gasteiger partial charge is 0.378 e. The van der Waals surface area contributed by atoms with Gasteiger partial charge in [0.1, 0.15) is 0 Å². The average Bonchev–Trinajstić information content (AvgIpc) is 2.90. The summed E-state index contributed by atoms with van der Waals surface area (Å²) in [6, 6.07) is 2.11. The molecule has 1 saturated heterocycles. The number of carbonyl (C=O) groups is 1. The summed E-state index contributed by atoms with van der Waals surface area (Å²) in [5.41, 5.74) is 0. The van der Waals surface area contributed by atoms with Gasteiger partial charge < -0.3 is 15.0 Å². The maximum absolute atomic E-state index is 11.9. The highest BCUT2D eigenvalue weighted by Gasteiger charge is 2.16. The number of amides is 1. The van der Waals surface area contributed by atoms with E-state index in [1.807, 2.05) is 28.8 Å². The van der Waals surface area contributed by atoms with E-state index in [-0.39, 0.29) is 11.9 Å². The number of ether oxygens (including phenoxy) is 1. The second-order valence-corrected chi connectivity index (χ2v) is 4.50. The van der Waals surface area contributed by atoms with Crippen LogP contribution in [0.15, 0.2) is 18.5 Å². The van der Waals surface area contributed by atoms with Crippen molar-refractivity contribution in [2.24, 2.45) is 0 Å². The van der Waals surface area contributed by atoms with E-state index in [0.29, 0.717) is 32.8 Å². The van der Waals surface area contributed by atoms with Crippen LogP contribution in [-0.4, -0.2) is 59.5 Å². The van der Waals surface area contributed by atoms with Gasteiger partial charge in [-0.25, -0.2) is 0 Å². The summed E-state index contributed by atoms with van der Waals surface area (Å²) in [6.07, 6.45) is 3.67. The summed E-state index contributed by atoms with van der Waals surface area (Å²) < 4.78 is 7.08. The number of hydrogen-bond acceptors (Lipinski definition) is 4. The molecule has 0 aliphatic carbocycles. The van der Waals surface area contributed by atoms with Gasteiger partial charge in [-0.05, 0) is 13.0 Å². The van der Waals surface area contributed by atoms with Crippen molar-refractivity contribution < 1.29 is 9.53 Å². The van der Waals surface area contributed by atoms with E-state index in [1.165, 1.54) is 0 Å². The molecule has 1 aliphatic rings. The molecule has 2 rings (SSSR count). The fraction of sp³-hybridized carbons (Fsp3) is 0.667. The van der Waals surface area contributed by atoms with Gasteiger partial charge in [-0.1, -0.05) is 0 Å². The van der Waals surface area contributed by atoms with Crippen LogP contribution >= 0.6 is 0 Å². The number of rotatable bonds is 5. The predicted molar refractivity (Wildman–Crippen MR) is 67.1 cm³/mol. The minimum atomic E-state index is 0.144. The van der Waals surface area contributed by atoms with Crippen LogP contribution in [0.3, 0.4) is 0 Å². The highest BCUT2D eigenvalue weighted by Crippen LogP contribution is 1.97. The number of nitrogens with one attached hydrogen (secondary N) is 1. The van der Waals surface area contributed by atoms with Crippen molar-refractivity contribution in [3.8, 4) is 0 Å². The van der Waals surface area contributed by atoms with Gasteiger partial charge in [0, 0.05) is 31.5 Å². The van der Waals surface area contributed by atoms with E-state index in [9.17, 15) is 4.79 Å². The molecular formula is C12H20N4O2. The second kappa shape index (κ2) is 6.51. The Kier molecular flexibility index (Phi) is 4.72. The van der Waals surface area contributed by atoms with Gasteiger partial charge in [-0.2, -0.15) is 5.10 Å². The number of carbonyl (C=O) groups excluding carboxylic acids is 1. The summed E-state index contributed by atoms with van der Waals surface area (Å²) in [5, 5.41) is 7.36. The first-order chi connectivity index (χ1) is 8.75. The van der Waals surface area contributed by atoms with Crippen molar-refractivity contribution >= 4 is 5.91 Å². The minimum Gasteiger partial charge on any atom is -0.378 e. The lowest BCUT2D eigenvalue weighted by Gasteiger charge is -2.27. The third kappa shape index (κ3) is 3.82. The zero-order chi connectivity index (χ0) is 12.8. The van der Waals surface area contributed by atoms with Crippen molar-refractivity contribution in [3.63, 3.8) is 0 Å². The summed E-state index contributed by atoms with van der Waals surface area (Å²) >= 11 is 0. The number of nitrogens with zero attached hydrogens (tertiary/aromatic N) is 3. The quantitative estimate of drug-likeness (QED) is 0.783. The van der Waals surface area contributed by atoms with Crippen LogP contribution in [0, 0.1) is 0 Å². The first-order valence-corrected chi connectivity index (χ1v) is 6.32. The van der Waals surface area contributed by atoms with E-state index >= 15 is 0 Å². The molecule has 1 aliphatic heterocycles. The van der Waals surface area contributed by atoms with E-state index < -0.39 is 0 Å². The molecule has 0 aromatic carbocycles. The first kappa shape index (κ1) is 13.0. The maximum Gasteiger partial charge on any atom is 0.236 e. The molecule has 0 spiro atoms. The Morgan fingerprint density at radius 1 is 1.50 bits per heavy atom. The number of aromatic nitrogens is 2. The molecule has 1 N–H and O–H groups in total. The standard InChI is InChI=1S/C12H20N4O2/c1-11(10-16-4-2-3-14-16)13-9-12(17)15-5-7-18-8-6-15/h2-4,11,13H,5-10H2,1H3. The van der Waals surface area contributed by atoms with Gasteiger partial charge in [-0.3, -0.25) is 9.48 Å². The normalized spacial score (nSPS) is 17.7. The third-order valence-electron chi connectivity index (χ3n) is 2.99. The summed E-state index contributed by atoms with van der Waals surface area (Å²) in [4.78, 5) is 13.7. The Morgan fingerprint density at radius 2 is 2.28 bits per heavy atom. The molecule has 1 fully saturated rings. The van der Waals surface area contributed by atoms with Crippen LogP contribution in [0.4, 0.5) is 0 Å². The highest BCUT2D eigenvalue weighted by atomic mass is 16.5. The van der Waals surface area contributed by atoms with E-state index in [4.69, 9.17) is 4.74 Å². The lowest BCUT2D eigenvalue weighted by Crippen LogP contribution is -2.46. The van der Waals surface area contributed by atoms with Crippen molar-refractivity contribution in [3.05, 3.63) is 18.5 Å². The van der Waals surface area contributed by atoms with E-state index in [1.54, 1.807) is 6.20 Å². The Labute approximate surface area is 107 Å². The van der Waals surface area contributed by atoms with Gasteiger partial charge in [0.15, 0.2) is 0 Å². The SMILES string of the molecule is CC(Cn1cccn1)NCC(=O)N1CCOCC1. The Bertz CT molecular complexity index is 360. The second-order valence-electron chi connectivity index (χ2n) is 4.50. The molecule has 0 saturated carbocycles. The van der Waals surface area contributed by atoms with Crippen molar-refractivity contribution in [1.82, 2.24) is 20.0 Å². The van der Waals surface area contributed by atoms with Crippen LogP contribution in [0.1, 0.15) is 6.92 Å². The molecule has 1 amide bonds. The van der Waals surface area contributed by atoms with Gasteiger partial charge in [-0.15, -0.1) is 0 Å². The molecule has 1 unspecified atom stereocenters. The molecule has 1 atom stereocenters. The van der Waals surface area contributed by atoms with Crippen LogP contribution < -0.4 is 5.32 Å². The van der Waals surface area contributed by atoms with Crippen LogP contribution in [0.5, 0.6) is 0 Å². The van der Waals surface area contributed by atoms with Gasteiger partial charge in [0.25, 0.3) is 0 Å². The molecule has 1 aromatic rings. The molecule has 6 heteroatoms. The predicted octanol–water partition coefficient (Wildman–Crippen LogP) is -0.280. The van der Waals surface area contributed by atoms with Crippen molar-refractivity contribution in [2.45, 2.75) is 19.5 Å². The number of morpholine rings is 1. The van der Waals surface area contributed by atoms with E-state index in [2.05, 4.69) is 10.4 Å². The van der Waals surface area contributed by atoms with Crippen LogP contribution in [0.2, 0.25) is 0 Å². The third-order valence-corrected chi connectivity index (χ3v) is 2.99. The average molecular weight is 252 g/mol. The summed E-state index contributed by atoms with van der Waals surface area (Å²) in [6.45, 7) is 5.89. The fourth-order valence-corrected chi connectivity index (χ4v) is 1.94. The van der Waals surface area contributed by atoms with Crippen molar-refractivity contribution in [1.29, 1.82) is 0 Å². The maximum atomic E-state index is 11.9. The zero-order valence-electron chi connectivity index (χ0n) is 10.7. The van der Waals surface area contributed by atoms with Gasteiger partial charge in [0.05, 0.1) is 26.3 Å².